The first kappa shape index (κ1) is 18.8. The van der Waals surface area contributed by atoms with Crippen LogP contribution in [0, 0.1) is 0 Å². The molecule has 0 bridgehead atoms. The molecule has 0 atom stereocenters. The predicted molar refractivity (Wildman–Crippen MR) is 88.7 cm³/mol. The number of nitrogens with one attached hydrogen (secondary N) is 1. The standard InChI is InChI=1S/C17H21F2N3O3/c1-16(2,3)25-15(24)22-10-9-13(17(18,19)11-22)20-21-14(23)12-7-5-4-6-8-12/h4-8H,9-11H2,1-3H3,(H,21,23)/b20-13-. The van der Waals surface area contributed by atoms with Gasteiger partial charge in [-0.2, -0.15) is 13.9 Å². The molecule has 1 aromatic carbocycles. The molecule has 0 aliphatic carbocycles. The molecule has 1 aliphatic heterocycles. The van der Waals surface area contributed by atoms with Crippen LogP contribution in [0.1, 0.15) is 37.6 Å². The lowest BCUT2D eigenvalue weighted by atomic mass is 10.1. The lowest BCUT2D eigenvalue weighted by Crippen LogP contribution is -2.52. The number of carbonyl (C=O) groups is 2. The summed E-state index contributed by atoms with van der Waals surface area (Å²) in [5.74, 6) is -3.91. The average molecular weight is 353 g/mol. The first-order chi connectivity index (χ1) is 11.6. The van der Waals surface area contributed by atoms with Crippen molar-refractivity contribution in [2.75, 3.05) is 13.1 Å². The SMILES string of the molecule is CC(C)(C)OC(=O)N1CC/C(=N/NC(=O)c2ccccc2)C(F)(F)C1. The number of nitrogens with zero attached hydrogens (tertiary/aromatic N) is 2. The molecule has 6 nitrogen and oxygen atoms in total. The summed E-state index contributed by atoms with van der Waals surface area (Å²) in [5, 5.41) is 3.57. The van der Waals surface area contributed by atoms with E-state index >= 15 is 0 Å². The zero-order valence-corrected chi connectivity index (χ0v) is 14.4. The Kier molecular flexibility index (Phi) is 5.39. The minimum Gasteiger partial charge on any atom is -0.444 e. The fraction of sp³-hybridized carbons (Fsp3) is 0.471. The number of alkyl halides is 2. The van der Waals surface area contributed by atoms with E-state index in [4.69, 9.17) is 4.74 Å². The summed E-state index contributed by atoms with van der Waals surface area (Å²) in [6.45, 7) is 4.21. The number of piperidine rings is 1. The summed E-state index contributed by atoms with van der Waals surface area (Å²) in [7, 11) is 0. The van der Waals surface area contributed by atoms with Crippen molar-refractivity contribution in [2.45, 2.75) is 38.7 Å². The molecular weight excluding hydrogens is 332 g/mol. The van der Waals surface area contributed by atoms with E-state index in [0.29, 0.717) is 5.56 Å². The van der Waals surface area contributed by atoms with Crippen LogP contribution in [0.5, 0.6) is 0 Å². The maximum Gasteiger partial charge on any atom is 0.410 e. The molecule has 1 aromatic rings. The molecule has 0 radical (unpaired) electrons. The van der Waals surface area contributed by atoms with Gasteiger partial charge in [-0.25, -0.2) is 10.2 Å². The Balaban J connectivity index is 2.00. The number of benzene rings is 1. The maximum absolute atomic E-state index is 14.2. The Morgan fingerprint density at radius 2 is 1.88 bits per heavy atom. The molecule has 1 aliphatic rings. The van der Waals surface area contributed by atoms with Gasteiger partial charge in [0.15, 0.2) is 0 Å². The molecule has 0 saturated carbocycles. The van der Waals surface area contributed by atoms with Crippen LogP contribution in [-0.2, 0) is 4.74 Å². The minimum atomic E-state index is -3.33. The van der Waals surface area contributed by atoms with Gasteiger partial charge in [0.2, 0.25) is 0 Å². The van der Waals surface area contributed by atoms with E-state index in [1.54, 1.807) is 51.1 Å². The lowest BCUT2D eigenvalue weighted by molar-refractivity contribution is -0.0135. The highest BCUT2D eigenvalue weighted by Crippen LogP contribution is 2.26. The molecule has 136 valence electrons. The molecule has 0 aromatic heterocycles. The molecule has 0 spiro atoms. The average Bonchev–Trinajstić information content (AvgIpc) is 2.52. The fourth-order valence-corrected chi connectivity index (χ4v) is 2.23. The first-order valence-corrected chi connectivity index (χ1v) is 7.87. The number of hydrogen-bond donors (Lipinski definition) is 1. The molecule has 0 unspecified atom stereocenters. The number of hydrogen-bond acceptors (Lipinski definition) is 4. The quantitative estimate of drug-likeness (QED) is 0.831. The van der Waals surface area contributed by atoms with Crippen LogP contribution in [0.4, 0.5) is 13.6 Å². The Bertz CT molecular complexity index is 669. The Labute approximate surface area is 144 Å². The zero-order chi connectivity index (χ0) is 18.7. The Morgan fingerprint density at radius 1 is 1.24 bits per heavy atom. The maximum atomic E-state index is 14.2. The summed E-state index contributed by atoms with van der Waals surface area (Å²) in [6, 6.07) is 8.17. The van der Waals surface area contributed by atoms with Gasteiger partial charge in [0.1, 0.15) is 11.3 Å². The van der Waals surface area contributed by atoms with Gasteiger partial charge in [0.05, 0.1) is 6.54 Å². The van der Waals surface area contributed by atoms with Gasteiger partial charge >= 0.3 is 12.0 Å². The summed E-state index contributed by atoms with van der Waals surface area (Å²) in [6.07, 6.45) is -0.944. The van der Waals surface area contributed by atoms with Crippen LogP contribution in [0.2, 0.25) is 0 Å². The second-order valence-corrected chi connectivity index (χ2v) is 6.72. The van der Waals surface area contributed by atoms with Crippen molar-refractivity contribution < 1.29 is 23.1 Å². The van der Waals surface area contributed by atoms with Gasteiger partial charge in [0.25, 0.3) is 5.91 Å². The van der Waals surface area contributed by atoms with Crippen molar-refractivity contribution in [1.82, 2.24) is 10.3 Å². The third-order valence-corrected chi connectivity index (χ3v) is 3.41. The third-order valence-electron chi connectivity index (χ3n) is 3.41. The lowest BCUT2D eigenvalue weighted by Gasteiger charge is -2.34. The number of amides is 2. The van der Waals surface area contributed by atoms with Gasteiger partial charge < -0.3 is 9.64 Å². The zero-order valence-electron chi connectivity index (χ0n) is 14.4. The van der Waals surface area contributed by atoms with Crippen molar-refractivity contribution in [3.8, 4) is 0 Å². The number of carbonyl (C=O) groups excluding carboxylic acids is 2. The number of likely N-dealkylation sites (tertiary alicyclic amines) is 1. The third kappa shape index (κ3) is 5.23. The molecule has 1 N–H and O–H groups in total. The van der Waals surface area contributed by atoms with Crippen LogP contribution >= 0.6 is 0 Å². The highest BCUT2D eigenvalue weighted by Gasteiger charge is 2.44. The number of halogens is 2. The molecule has 25 heavy (non-hydrogen) atoms. The molecule has 1 saturated heterocycles. The molecule has 2 amide bonds. The highest BCUT2D eigenvalue weighted by atomic mass is 19.3. The van der Waals surface area contributed by atoms with Crippen molar-refractivity contribution in [3.05, 3.63) is 35.9 Å². The topological polar surface area (TPSA) is 71.0 Å². The second kappa shape index (κ2) is 7.16. The van der Waals surface area contributed by atoms with E-state index in [2.05, 4.69) is 10.5 Å². The number of rotatable bonds is 2. The van der Waals surface area contributed by atoms with Gasteiger partial charge in [-0.3, -0.25) is 4.79 Å². The molecule has 1 fully saturated rings. The summed E-state index contributed by atoms with van der Waals surface area (Å²) < 4.78 is 33.6. The number of ether oxygens (including phenoxy) is 1. The fourth-order valence-electron chi connectivity index (χ4n) is 2.23. The van der Waals surface area contributed by atoms with Crippen molar-refractivity contribution >= 4 is 17.7 Å². The Morgan fingerprint density at radius 3 is 2.44 bits per heavy atom. The molecular formula is C17H21F2N3O3. The summed E-state index contributed by atoms with van der Waals surface area (Å²) in [4.78, 5) is 24.7. The second-order valence-electron chi connectivity index (χ2n) is 6.72. The van der Waals surface area contributed by atoms with Gasteiger partial charge in [-0.05, 0) is 32.9 Å². The predicted octanol–water partition coefficient (Wildman–Crippen LogP) is 3.05. The van der Waals surface area contributed by atoms with Crippen LogP contribution in [0.15, 0.2) is 35.4 Å². The normalized spacial score (nSPS) is 18.8. The van der Waals surface area contributed by atoms with E-state index < -0.39 is 35.8 Å². The molecule has 8 heteroatoms. The Hall–Kier alpha value is -2.51. The van der Waals surface area contributed by atoms with Crippen LogP contribution in [-0.4, -0.2) is 47.2 Å². The van der Waals surface area contributed by atoms with Crippen LogP contribution < -0.4 is 5.43 Å². The van der Waals surface area contributed by atoms with E-state index in [9.17, 15) is 18.4 Å². The smallest absolute Gasteiger partial charge is 0.410 e. The van der Waals surface area contributed by atoms with Gasteiger partial charge in [-0.1, -0.05) is 18.2 Å². The van der Waals surface area contributed by atoms with E-state index in [-0.39, 0.29) is 13.0 Å². The monoisotopic (exact) mass is 353 g/mol. The number of hydrazone groups is 1. The molecule has 1 heterocycles. The first-order valence-electron chi connectivity index (χ1n) is 7.87. The van der Waals surface area contributed by atoms with Crippen molar-refractivity contribution in [1.29, 1.82) is 0 Å². The van der Waals surface area contributed by atoms with Crippen molar-refractivity contribution in [2.24, 2.45) is 5.10 Å². The highest BCUT2D eigenvalue weighted by molar-refractivity contribution is 5.97. The largest absolute Gasteiger partial charge is 0.444 e. The van der Waals surface area contributed by atoms with Gasteiger partial charge in [-0.15, -0.1) is 0 Å². The van der Waals surface area contributed by atoms with E-state index in [1.807, 2.05) is 0 Å². The van der Waals surface area contributed by atoms with Crippen LogP contribution in [0.25, 0.3) is 0 Å². The van der Waals surface area contributed by atoms with Crippen molar-refractivity contribution in [3.63, 3.8) is 0 Å². The van der Waals surface area contributed by atoms with Crippen LogP contribution in [0.3, 0.4) is 0 Å². The summed E-state index contributed by atoms with van der Waals surface area (Å²) in [5.41, 5.74) is 1.24. The summed E-state index contributed by atoms with van der Waals surface area (Å²) >= 11 is 0. The van der Waals surface area contributed by atoms with E-state index in [0.717, 1.165) is 4.90 Å². The molecule has 2 rings (SSSR count). The van der Waals surface area contributed by atoms with Gasteiger partial charge in [0, 0.05) is 18.5 Å². The van der Waals surface area contributed by atoms with E-state index in [1.165, 1.54) is 0 Å². The minimum absolute atomic E-state index is 0.0462.